The third-order valence-corrected chi connectivity index (χ3v) is 78.8. The Hall–Kier alpha value is 0.519. The molecule has 0 aromatic heterocycles. The van der Waals surface area contributed by atoms with E-state index >= 15 is 0 Å². The average Bonchev–Trinajstić information content (AvgIpc) is 3.60. The Morgan fingerprint density at radius 2 is 0.645 bits per heavy atom. The molecule has 8 atom stereocenters. The van der Waals surface area contributed by atoms with Crippen molar-refractivity contribution in [3.8, 4) is 0 Å². The molecule has 0 aliphatic carbocycles. The van der Waals surface area contributed by atoms with Gasteiger partial charge < -0.3 is 0 Å². The third-order valence-electron chi connectivity index (χ3n) is 24.4. The molecule has 0 bridgehead atoms. The quantitative estimate of drug-likeness (QED) is 0.342. The number of rotatable bonds is 6. The van der Waals surface area contributed by atoms with Gasteiger partial charge >= 0.3 is 183 Å². The first-order chi connectivity index (χ1) is 14.0. The van der Waals surface area contributed by atoms with Gasteiger partial charge in [-0.3, -0.25) is 0 Å². The van der Waals surface area contributed by atoms with Crippen LogP contribution in [0.5, 0.6) is 0 Å². The van der Waals surface area contributed by atoms with Gasteiger partial charge in [0.1, 0.15) is 0 Å². The number of hydrogen-bond donors (Lipinski definition) is 0. The molecule has 0 aromatic rings. The van der Waals surface area contributed by atoms with Gasteiger partial charge in [0.2, 0.25) is 0 Å². The van der Waals surface area contributed by atoms with Crippen LogP contribution in [0.15, 0.2) is 0 Å². The van der Waals surface area contributed by atoms with Gasteiger partial charge in [0.15, 0.2) is 0 Å². The summed E-state index contributed by atoms with van der Waals surface area (Å²) >= 11 is 0. The van der Waals surface area contributed by atoms with Gasteiger partial charge in [0.05, 0.1) is 0 Å². The first-order valence-electron chi connectivity index (χ1n) is 14.2. The Kier molecular flexibility index (Phi) is 1.07. The van der Waals surface area contributed by atoms with Crippen molar-refractivity contribution in [1.29, 1.82) is 0 Å². The Labute approximate surface area is 182 Å². The fraction of sp³-hybridized carbons (Fsp3) is 1.00. The van der Waals surface area contributed by atoms with E-state index in [1.54, 1.807) is 0 Å². The maximum absolute atomic E-state index is 4.62. The van der Waals surface area contributed by atoms with Crippen molar-refractivity contribution >= 4 is 0 Å². The Morgan fingerprint density at radius 3 is 0.774 bits per heavy atom. The molecular weight excluding hydrogens is 416 g/mol. The van der Waals surface area contributed by atoms with Gasteiger partial charge in [-0.25, -0.2) is 0 Å². The first-order valence-corrected chi connectivity index (χ1v) is 19.7. The summed E-state index contributed by atoms with van der Waals surface area (Å²) in [6, 6.07) is 0. The molecule has 0 N–H and O–H groups in total. The number of hydrogen-bond acceptors (Lipinski definition) is 0. The molecule has 10 fully saturated rings. The van der Waals surface area contributed by atoms with E-state index in [1.807, 2.05) is 0 Å². The zero-order valence-corrected chi connectivity index (χ0v) is 24.2. The van der Waals surface area contributed by atoms with Crippen molar-refractivity contribution in [3.63, 3.8) is 0 Å². The van der Waals surface area contributed by atoms with Crippen LogP contribution in [-0.2, 0) is 6.51 Å². The SMILES string of the molecule is CC[C]12[C]3(C)[C]4(C(C)C)[C]5(C(C)C)[C]1(C)[Fe]32451678[C]2(C)[C]1(CC)[C]6(C)[C]7(C(C)C)[C]28C(C)C. The van der Waals surface area contributed by atoms with Crippen molar-refractivity contribution < 1.29 is 6.51 Å². The fourth-order valence-corrected chi connectivity index (χ4v) is 143. The summed E-state index contributed by atoms with van der Waals surface area (Å²) in [6.45, 7) is 35.0. The summed E-state index contributed by atoms with van der Waals surface area (Å²) in [4.78, 5) is 0. The Morgan fingerprint density at radius 1 is 0.452 bits per heavy atom. The maximum atomic E-state index is 3.04. The predicted octanol–water partition coefficient (Wildman–Crippen LogP) is 10.6. The second kappa shape index (κ2) is 1.86. The molecule has 10 aliphatic rings. The van der Waals surface area contributed by atoms with Crippen LogP contribution in [-0.4, -0.2) is 0 Å². The van der Waals surface area contributed by atoms with Crippen LogP contribution in [0.25, 0.3) is 0 Å². The molecule has 0 radical (unpaired) electrons. The van der Waals surface area contributed by atoms with E-state index in [9.17, 15) is 0 Å². The van der Waals surface area contributed by atoms with Gasteiger partial charge in [-0.05, 0) is 0 Å². The van der Waals surface area contributed by atoms with Crippen LogP contribution in [0, 0.1) is 23.7 Å². The normalized spacial score (nSPS) is 93.4. The molecule has 1 spiro atoms. The van der Waals surface area contributed by atoms with E-state index in [2.05, 4.69) is 96.9 Å². The summed E-state index contributed by atoms with van der Waals surface area (Å²) in [5.74, 6) is 3.56. The van der Waals surface area contributed by atoms with Gasteiger partial charge in [0.25, 0.3) is 0 Å². The van der Waals surface area contributed by atoms with Crippen LogP contribution < -0.4 is 0 Å². The summed E-state index contributed by atoms with van der Waals surface area (Å²) in [6.07, 6.45) is 3.07. The Bertz CT molecular complexity index is 1350. The monoisotopic (exact) mass is 466 g/mol. The molecule has 10 rings (SSSR count). The zero-order chi connectivity index (χ0) is 23.0. The van der Waals surface area contributed by atoms with E-state index in [-0.39, 0.29) is 0 Å². The van der Waals surface area contributed by atoms with Crippen LogP contribution in [0.1, 0.15) is 110 Å². The second-order valence-corrected chi connectivity index (χ2v) is 39.8. The summed E-state index contributed by atoms with van der Waals surface area (Å²) in [5.41, 5.74) is 0. The molecule has 0 saturated carbocycles. The zero-order valence-electron chi connectivity index (χ0n) is 23.1. The van der Waals surface area contributed by atoms with E-state index in [0.717, 1.165) is 66.8 Å². The number of fused-ring (bicyclic) bond motifs is 10. The topological polar surface area (TPSA) is 0 Å². The molecule has 0 amide bonds. The molecule has 31 heavy (non-hydrogen) atoms. The van der Waals surface area contributed by atoms with Gasteiger partial charge in [-0.2, -0.15) is 0 Å². The van der Waals surface area contributed by atoms with Gasteiger partial charge in [0, 0.05) is 0 Å². The van der Waals surface area contributed by atoms with Crippen molar-refractivity contribution in [2.45, 2.75) is 153 Å². The Balaban J connectivity index is 1.70. The van der Waals surface area contributed by atoms with E-state index in [1.165, 1.54) is 12.8 Å². The van der Waals surface area contributed by atoms with Crippen LogP contribution in [0.3, 0.4) is 0 Å². The standard InChI is InChI=1S/2C15H25.Fe/c2*1-8-13-11(6)14(9(2)3)15(10(4)5)12(13)7;/h2*9-10H,8H2,1-7H3;. The fourth-order valence-electron chi connectivity index (χ4n) is 35.3. The average molecular weight is 467 g/mol. The van der Waals surface area contributed by atoms with Crippen molar-refractivity contribution in [2.75, 3.05) is 0 Å². The second-order valence-electron chi connectivity index (χ2n) is 17.5. The van der Waals surface area contributed by atoms with Gasteiger partial charge in [-0.1, -0.05) is 0 Å². The van der Waals surface area contributed by atoms with Crippen LogP contribution in [0.2, 0.25) is 43.1 Å². The third kappa shape index (κ3) is 0.181. The van der Waals surface area contributed by atoms with Crippen LogP contribution >= 0.6 is 0 Å². The minimum atomic E-state index is -4.62. The van der Waals surface area contributed by atoms with E-state index in [4.69, 9.17) is 0 Å². The van der Waals surface area contributed by atoms with Crippen molar-refractivity contribution in [2.24, 2.45) is 23.7 Å². The molecule has 1 heteroatoms. The summed E-state index contributed by atoms with van der Waals surface area (Å²) in [5, 5.41) is 0. The summed E-state index contributed by atoms with van der Waals surface area (Å²) < 4.78 is 7.52. The van der Waals surface area contributed by atoms with E-state index < -0.39 is 6.51 Å². The molecule has 8 unspecified atom stereocenters. The predicted molar refractivity (Wildman–Crippen MR) is 130 cm³/mol. The molecule has 178 valence electrons. The molecule has 10 aliphatic heterocycles. The van der Waals surface area contributed by atoms with E-state index in [0.29, 0.717) is 0 Å². The molecule has 10 heterocycles. The molecule has 10 saturated heterocycles. The van der Waals surface area contributed by atoms with Crippen molar-refractivity contribution in [1.82, 2.24) is 0 Å². The van der Waals surface area contributed by atoms with Crippen molar-refractivity contribution in [3.05, 3.63) is 0 Å². The first kappa shape index (κ1) is 17.9. The summed E-state index contributed by atoms with van der Waals surface area (Å²) in [7, 11) is 0. The minimum absolute atomic E-state index is 0.740. The molecule has 0 nitrogen and oxygen atoms in total. The molecular formula is C30H50Fe. The molecule has 0 aromatic carbocycles. The van der Waals surface area contributed by atoms with Gasteiger partial charge in [-0.15, -0.1) is 0 Å². The van der Waals surface area contributed by atoms with Crippen LogP contribution in [0.4, 0.5) is 0 Å².